The Kier molecular flexibility index (Phi) is 6.19. The van der Waals surface area contributed by atoms with E-state index >= 15 is 0 Å². The van der Waals surface area contributed by atoms with E-state index in [1.54, 1.807) is 14.2 Å². The maximum absolute atomic E-state index is 12.9. The van der Waals surface area contributed by atoms with Crippen molar-refractivity contribution in [3.05, 3.63) is 47.3 Å². The number of para-hydroxylation sites is 1. The van der Waals surface area contributed by atoms with E-state index in [0.717, 1.165) is 56.3 Å². The molecule has 0 unspecified atom stereocenters. The summed E-state index contributed by atoms with van der Waals surface area (Å²) in [5.74, 6) is 1.18. The van der Waals surface area contributed by atoms with Crippen LogP contribution >= 0.6 is 0 Å². The number of aromatic nitrogens is 2. The van der Waals surface area contributed by atoms with Gasteiger partial charge in [0.1, 0.15) is 5.75 Å². The number of hydrogen-bond acceptors (Lipinski definition) is 4. The van der Waals surface area contributed by atoms with E-state index in [1.807, 2.05) is 24.4 Å². The average Bonchev–Trinajstić information content (AvgIpc) is 3.18. The van der Waals surface area contributed by atoms with Crippen molar-refractivity contribution in [3.8, 4) is 5.75 Å². The average molecular weight is 398 g/mol. The van der Waals surface area contributed by atoms with Gasteiger partial charge in [-0.3, -0.25) is 9.48 Å². The molecule has 0 bridgehead atoms. The molecule has 1 aromatic heterocycles. The summed E-state index contributed by atoms with van der Waals surface area (Å²) in [6.07, 6.45) is 9.07. The molecule has 6 nitrogen and oxygen atoms in total. The number of rotatable bonds is 6. The van der Waals surface area contributed by atoms with E-state index < -0.39 is 0 Å². The molecule has 0 radical (unpaired) electrons. The van der Waals surface area contributed by atoms with Crippen molar-refractivity contribution in [1.29, 1.82) is 0 Å². The molecule has 1 saturated carbocycles. The summed E-state index contributed by atoms with van der Waals surface area (Å²) in [6.45, 7) is 0.682. The SMILES string of the molecule is COc1ccccc1Cn1ncc2c1CCC[C@@H]2NC(=O)C1CCC(OC)CC1. The van der Waals surface area contributed by atoms with Crippen LogP contribution in [0.15, 0.2) is 30.5 Å². The Labute approximate surface area is 172 Å². The third kappa shape index (κ3) is 4.32. The van der Waals surface area contributed by atoms with Crippen molar-refractivity contribution in [2.24, 2.45) is 5.92 Å². The highest BCUT2D eigenvalue weighted by Crippen LogP contribution is 2.32. The molecule has 0 spiro atoms. The fourth-order valence-corrected chi connectivity index (χ4v) is 4.75. The van der Waals surface area contributed by atoms with Gasteiger partial charge in [-0.15, -0.1) is 0 Å². The topological polar surface area (TPSA) is 65.4 Å². The van der Waals surface area contributed by atoms with Crippen molar-refractivity contribution in [3.63, 3.8) is 0 Å². The lowest BCUT2D eigenvalue weighted by molar-refractivity contribution is -0.127. The third-order valence-electron chi connectivity index (χ3n) is 6.47. The molecule has 156 valence electrons. The van der Waals surface area contributed by atoms with Gasteiger partial charge < -0.3 is 14.8 Å². The summed E-state index contributed by atoms with van der Waals surface area (Å²) < 4.78 is 13.0. The molecule has 1 fully saturated rings. The van der Waals surface area contributed by atoms with Crippen LogP contribution < -0.4 is 10.1 Å². The first-order valence-corrected chi connectivity index (χ1v) is 10.7. The quantitative estimate of drug-likeness (QED) is 0.808. The van der Waals surface area contributed by atoms with Crippen LogP contribution in [-0.4, -0.2) is 36.0 Å². The molecule has 2 aliphatic rings. The van der Waals surface area contributed by atoms with Crippen molar-refractivity contribution in [2.75, 3.05) is 14.2 Å². The van der Waals surface area contributed by atoms with E-state index in [-0.39, 0.29) is 17.9 Å². The lowest BCUT2D eigenvalue weighted by Crippen LogP contribution is -2.37. The van der Waals surface area contributed by atoms with Gasteiger partial charge in [-0.2, -0.15) is 5.10 Å². The molecule has 1 N–H and O–H groups in total. The third-order valence-corrected chi connectivity index (χ3v) is 6.47. The van der Waals surface area contributed by atoms with Gasteiger partial charge in [0.2, 0.25) is 5.91 Å². The number of nitrogens with zero attached hydrogens (tertiary/aromatic N) is 2. The van der Waals surface area contributed by atoms with Gasteiger partial charge in [-0.05, 0) is 51.0 Å². The monoisotopic (exact) mass is 397 g/mol. The minimum atomic E-state index is 0.0674. The maximum atomic E-state index is 12.9. The molecule has 1 amide bonds. The molecule has 2 aliphatic carbocycles. The molecule has 1 heterocycles. The van der Waals surface area contributed by atoms with Crippen LogP contribution in [0.5, 0.6) is 5.75 Å². The van der Waals surface area contributed by atoms with Gasteiger partial charge in [0, 0.05) is 29.8 Å². The highest BCUT2D eigenvalue weighted by atomic mass is 16.5. The number of carbonyl (C=O) groups is 1. The van der Waals surface area contributed by atoms with E-state index in [4.69, 9.17) is 9.47 Å². The van der Waals surface area contributed by atoms with E-state index in [9.17, 15) is 4.79 Å². The second-order valence-corrected chi connectivity index (χ2v) is 8.18. The number of benzene rings is 1. The van der Waals surface area contributed by atoms with E-state index in [2.05, 4.69) is 21.2 Å². The number of fused-ring (bicyclic) bond motifs is 1. The van der Waals surface area contributed by atoms with Crippen LogP contribution in [-0.2, 0) is 22.5 Å². The number of carbonyl (C=O) groups excluding carboxylic acids is 1. The zero-order chi connectivity index (χ0) is 20.2. The first-order valence-electron chi connectivity index (χ1n) is 10.7. The normalized spacial score (nSPS) is 24.0. The van der Waals surface area contributed by atoms with Crippen molar-refractivity contribution < 1.29 is 14.3 Å². The number of hydrogen-bond donors (Lipinski definition) is 1. The molecule has 0 aliphatic heterocycles. The zero-order valence-electron chi connectivity index (χ0n) is 17.4. The maximum Gasteiger partial charge on any atom is 0.223 e. The Morgan fingerprint density at radius 3 is 2.72 bits per heavy atom. The summed E-state index contributed by atoms with van der Waals surface area (Å²) in [5, 5.41) is 7.97. The fraction of sp³-hybridized carbons (Fsp3) is 0.565. The summed E-state index contributed by atoms with van der Waals surface area (Å²) >= 11 is 0. The summed E-state index contributed by atoms with van der Waals surface area (Å²) in [4.78, 5) is 12.9. The second-order valence-electron chi connectivity index (χ2n) is 8.18. The summed E-state index contributed by atoms with van der Waals surface area (Å²) in [5.41, 5.74) is 3.52. The van der Waals surface area contributed by atoms with Crippen molar-refractivity contribution in [2.45, 2.75) is 63.6 Å². The highest BCUT2D eigenvalue weighted by molar-refractivity contribution is 5.79. The molecule has 2 aromatic rings. The lowest BCUT2D eigenvalue weighted by Gasteiger charge is -2.30. The summed E-state index contributed by atoms with van der Waals surface area (Å²) in [6, 6.07) is 8.12. The Hall–Kier alpha value is -2.34. The van der Waals surface area contributed by atoms with Crippen LogP contribution in [0.3, 0.4) is 0 Å². The largest absolute Gasteiger partial charge is 0.496 e. The minimum Gasteiger partial charge on any atom is -0.496 e. The van der Waals surface area contributed by atoms with Crippen molar-refractivity contribution >= 4 is 5.91 Å². The smallest absolute Gasteiger partial charge is 0.223 e. The predicted molar refractivity (Wildman–Crippen MR) is 111 cm³/mol. The van der Waals surface area contributed by atoms with E-state index in [0.29, 0.717) is 12.6 Å². The fourth-order valence-electron chi connectivity index (χ4n) is 4.75. The van der Waals surface area contributed by atoms with Crippen LogP contribution in [0.1, 0.15) is 61.4 Å². The molecule has 4 rings (SSSR count). The van der Waals surface area contributed by atoms with Gasteiger partial charge in [0.05, 0.1) is 32.0 Å². The molecule has 0 saturated heterocycles. The number of amides is 1. The zero-order valence-corrected chi connectivity index (χ0v) is 17.4. The Morgan fingerprint density at radius 2 is 1.97 bits per heavy atom. The van der Waals surface area contributed by atoms with Gasteiger partial charge in [-0.25, -0.2) is 0 Å². The molecular weight excluding hydrogens is 366 g/mol. The Morgan fingerprint density at radius 1 is 1.17 bits per heavy atom. The highest BCUT2D eigenvalue weighted by Gasteiger charge is 2.30. The Bertz CT molecular complexity index is 840. The van der Waals surface area contributed by atoms with Crippen LogP contribution in [0.4, 0.5) is 0 Å². The Balaban J connectivity index is 1.45. The first-order chi connectivity index (χ1) is 14.2. The standard InChI is InChI=1S/C23H31N3O3/c1-28-18-12-10-16(11-13-18)23(27)25-20-7-5-8-21-19(20)14-24-26(21)15-17-6-3-4-9-22(17)29-2/h3-4,6,9,14,16,18,20H,5,7-8,10-13,15H2,1-2H3,(H,25,27)/t16?,18?,20-/m0/s1. The molecule has 29 heavy (non-hydrogen) atoms. The van der Waals surface area contributed by atoms with Gasteiger partial charge in [0.15, 0.2) is 0 Å². The van der Waals surface area contributed by atoms with Crippen LogP contribution in [0.25, 0.3) is 0 Å². The molecular formula is C23H31N3O3. The van der Waals surface area contributed by atoms with Crippen molar-refractivity contribution in [1.82, 2.24) is 15.1 Å². The van der Waals surface area contributed by atoms with Gasteiger partial charge in [0.25, 0.3) is 0 Å². The van der Waals surface area contributed by atoms with Gasteiger partial charge >= 0.3 is 0 Å². The minimum absolute atomic E-state index is 0.0674. The lowest BCUT2D eigenvalue weighted by atomic mass is 9.86. The summed E-state index contributed by atoms with van der Waals surface area (Å²) in [7, 11) is 3.46. The van der Waals surface area contributed by atoms with Crippen LogP contribution in [0.2, 0.25) is 0 Å². The van der Waals surface area contributed by atoms with E-state index in [1.165, 1.54) is 11.3 Å². The number of nitrogens with one attached hydrogen (secondary N) is 1. The molecule has 1 aromatic carbocycles. The van der Waals surface area contributed by atoms with Gasteiger partial charge in [-0.1, -0.05) is 18.2 Å². The second kappa shape index (κ2) is 8.99. The number of methoxy groups -OCH3 is 2. The predicted octanol–water partition coefficient (Wildman–Crippen LogP) is 3.64. The van der Waals surface area contributed by atoms with Crippen LogP contribution in [0, 0.1) is 5.92 Å². The molecule has 1 atom stereocenters. The molecule has 6 heteroatoms. The number of ether oxygens (including phenoxy) is 2. The first kappa shape index (κ1) is 20.0.